The molecule has 0 bridgehead atoms. The zero-order chi connectivity index (χ0) is 23.5. The van der Waals surface area contributed by atoms with E-state index in [9.17, 15) is 4.79 Å². The third-order valence-corrected chi connectivity index (χ3v) is 6.71. The SMILES string of the molecule is CCn1c(=O)n(C2CCN(Cc3cccc(Oc4ccccc4OC)c3)CC2)c2ccccc21. The number of hydrogen-bond donors (Lipinski definition) is 0. The molecule has 0 unspecified atom stereocenters. The maximum Gasteiger partial charge on any atom is 0.329 e. The van der Waals surface area contributed by atoms with E-state index in [1.807, 2.05) is 70.7 Å². The first-order valence-corrected chi connectivity index (χ1v) is 12.0. The minimum Gasteiger partial charge on any atom is -0.493 e. The van der Waals surface area contributed by atoms with Crippen LogP contribution in [0.25, 0.3) is 11.0 Å². The number of ether oxygens (including phenoxy) is 2. The lowest BCUT2D eigenvalue weighted by molar-refractivity contribution is 0.179. The van der Waals surface area contributed by atoms with E-state index in [1.54, 1.807) is 7.11 Å². The summed E-state index contributed by atoms with van der Waals surface area (Å²) in [4.78, 5) is 15.6. The molecule has 1 fully saturated rings. The lowest BCUT2D eigenvalue weighted by atomic mass is 10.0. The van der Waals surface area contributed by atoms with Crippen molar-refractivity contribution >= 4 is 11.0 Å². The van der Waals surface area contributed by atoms with Crippen LogP contribution < -0.4 is 15.2 Å². The Labute approximate surface area is 200 Å². The zero-order valence-electron chi connectivity index (χ0n) is 19.8. The number of nitrogens with zero attached hydrogens (tertiary/aromatic N) is 3. The van der Waals surface area contributed by atoms with Crippen molar-refractivity contribution in [2.75, 3.05) is 20.2 Å². The number of aryl methyl sites for hydroxylation is 1. The van der Waals surface area contributed by atoms with Crippen molar-refractivity contribution in [3.8, 4) is 17.2 Å². The summed E-state index contributed by atoms with van der Waals surface area (Å²) in [6.07, 6.45) is 1.93. The summed E-state index contributed by atoms with van der Waals surface area (Å²) >= 11 is 0. The van der Waals surface area contributed by atoms with Crippen LogP contribution in [0.5, 0.6) is 17.2 Å². The van der Waals surface area contributed by atoms with Crippen LogP contribution in [-0.2, 0) is 13.1 Å². The molecule has 34 heavy (non-hydrogen) atoms. The Morgan fingerprint density at radius 1 is 0.882 bits per heavy atom. The van der Waals surface area contributed by atoms with Crippen LogP contribution in [0.2, 0.25) is 0 Å². The monoisotopic (exact) mass is 457 g/mol. The summed E-state index contributed by atoms with van der Waals surface area (Å²) in [5, 5.41) is 0. The van der Waals surface area contributed by atoms with Crippen molar-refractivity contribution in [1.82, 2.24) is 14.0 Å². The van der Waals surface area contributed by atoms with Gasteiger partial charge in [0, 0.05) is 32.2 Å². The Morgan fingerprint density at radius 3 is 2.32 bits per heavy atom. The number of imidazole rings is 1. The molecule has 0 aliphatic carbocycles. The Balaban J connectivity index is 1.26. The van der Waals surface area contributed by atoms with Gasteiger partial charge in [0.05, 0.1) is 18.1 Å². The minimum atomic E-state index is 0.114. The van der Waals surface area contributed by atoms with Gasteiger partial charge in [-0.25, -0.2) is 4.79 Å². The summed E-state index contributed by atoms with van der Waals surface area (Å²) in [6.45, 7) is 5.51. The number of para-hydroxylation sites is 4. The molecule has 0 N–H and O–H groups in total. The fraction of sp³-hybridized carbons (Fsp3) is 0.321. The molecule has 6 heteroatoms. The topological polar surface area (TPSA) is 48.6 Å². The van der Waals surface area contributed by atoms with Crippen molar-refractivity contribution in [3.63, 3.8) is 0 Å². The van der Waals surface area contributed by atoms with Crippen molar-refractivity contribution in [3.05, 3.63) is 88.8 Å². The standard InChI is InChI=1S/C28H31N3O3/c1-3-30-24-11-4-5-12-25(24)31(28(30)32)22-15-17-29(18-16-22)20-21-9-8-10-23(19-21)34-27-14-7-6-13-26(27)33-2/h4-14,19,22H,3,15-18,20H2,1-2H3. The van der Waals surface area contributed by atoms with Gasteiger partial charge in [-0.05, 0) is 61.7 Å². The Kier molecular flexibility index (Phi) is 6.41. The average Bonchev–Trinajstić information content (AvgIpc) is 3.16. The van der Waals surface area contributed by atoms with Crippen LogP contribution in [0.4, 0.5) is 0 Å². The molecule has 0 amide bonds. The zero-order valence-corrected chi connectivity index (χ0v) is 19.8. The van der Waals surface area contributed by atoms with Gasteiger partial charge in [0.2, 0.25) is 0 Å². The van der Waals surface area contributed by atoms with Crippen molar-refractivity contribution in [2.24, 2.45) is 0 Å². The van der Waals surface area contributed by atoms with Crippen molar-refractivity contribution < 1.29 is 9.47 Å². The average molecular weight is 458 g/mol. The molecule has 6 nitrogen and oxygen atoms in total. The number of aromatic nitrogens is 2. The van der Waals surface area contributed by atoms with Gasteiger partial charge in [-0.2, -0.15) is 0 Å². The molecule has 0 atom stereocenters. The van der Waals surface area contributed by atoms with E-state index in [0.29, 0.717) is 12.3 Å². The summed E-state index contributed by atoms with van der Waals surface area (Å²) < 4.78 is 15.4. The second-order valence-corrected chi connectivity index (χ2v) is 8.79. The van der Waals surface area contributed by atoms with Crippen LogP contribution >= 0.6 is 0 Å². The van der Waals surface area contributed by atoms with Gasteiger partial charge in [0.25, 0.3) is 0 Å². The van der Waals surface area contributed by atoms with Gasteiger partial charge in [-0.15, -0.1) is 0 Å². The van der Waals surface area contributed by atoms with Gasteiger partial charge in [-0.3, -0.25) is 14.0 Å². The van der Waals surface area contributed by atoms with Gasteiger partial charge in [0.15, 0.2) is 11.5 Å². The maximum absolute atomic E-state index is 13.1. The van der Waals surface area contributed by atoms with E-state index in [1.165, 1.54) is 5.56 Å². The third-order valence-electron chi connectivity index (χ3n) is 6.71. The van der Waals surface area contributed by atoms with Crippen molar-refractivity contribution in [2.45, 2.75) is 38.9 Å². The summed E-state index contributed by atoms with van der Waals surface area (Å²) in [5.74, 6) is 2.23. The number of methoxy groups -OCH3 is 1. The number of fused-ring (bicyclic) bond motifs is 1. The Hall–Kier alpha value is -3.51. The number of piperidine rings is 1. The Bertz CT molecular complexity index is 1330. The van der Waals surface area contributed by atoms with Gasteiger partial charge in [0.1, 0.15) is 5.75 Å². The van der Waals surface area contributed by atoms with E-state index in [2.05, 4.69) is 23.1 Å². The largest absolute Gasteiger partial charge is 0.493 e. The smallest absolute Gasteiger partial charge is 0.329 e. The quantitative estimate of drug-likeness (QED) is 0.370. The first-order chi connectivity index (χ1) is 16.7. The molecule has 0 radical (unpaired) electrons. The molecule has 5 rings (SSSR count). The molecule has 3 aromatic carbocycles. The predicted octanol–water partition coefficient (Wildman–Crippen LogP) is 5.46. The maximum atomic E-state index is 13.1. The van der Waals surface area contributed by atoms with Crippen LogP contribution in [0.3, 0.4) is 0 Å². The predicted molar refractivity (Wildman–Crippen MR) is 135 cm³/mol. The molecule has 0 spiro atoms. The van der Waals surface area contributed by atoms with Crippen LogP contribution in [-0.4, -0.2) is 34.2 Å². The fourth-order valence-electron chi connectivity index (χ4n) is 5.02. The lowest BCUT2D eigenvalue weighted by Gasteiger charge is -2.32. The van der Waals surface area contributed by atoms with Gasteiger partial charge < -0.3 is 9.47 Å². The molecule has 176 valence electrons. The van der Waals surface area contributed by atoms with E-state index in [-0.39, 0.29) is 11.7 Å². The van der Waals surface area contributed by atoms with Crippen LogP contribution in [0, 0.1) is 0 Å². The highest BCUT2D eigenvalue weighted by atomic mass is 16.5. The van der Waals surface area contributed by atoms with E-state index < -0.39 is 0 Å². The van der Waals surface area contributed by atoms with Gasteiger partial charge in [-0.1, -0.05) is 36.4 Å². The highest BCUT2D eigenvalue weighted by Gasteiger charge is 2.25. The summed E-state index contributed by atoms with van der Waals surface area (Å²) in [6, 6.07) is 24.3. The van der Waals surface area contributed by atoms with E-state index in [0.717, 1.165) is 55.0 Å². The number of benzene rings is 3. The summed E-state index contributed by atoms with van der Waals surface area (Å²) in [7, 11) is 1.65. The molecule has 1 aromatic heterocycles. The number of likely N-dealkylation sites (tertiary alicyclic amines) is 1. The number of hydrogen-bond acceptors (Lipinski definition) is 4. The molecule has 0 saturated carbocycles. The highest BCUT2D eigenvalue weighted by Crippen LogP contribution is 2.32. The Morgan fingerprint density at radius 2 is 1.59 bits per heavy atom. The molecular formula is C28H31N3O3. The number of rotatable bonds is 7. The van der Waals surface area contributed by atoms with Crippen LogP contribution in [0.15, 0.2) is 77.6 Å². The normalized spacial score (nSPS) is 15.0. The molecule has 2 heterocycles. The summed E-state index contributed by atoms with van der Waals surface area (Å²) in [5.41, 5.74) is 3.41. The molecular weight excluding hydrogens is 426 g/mol. The van der Waals surface area contributed by atoms with E-state index in [4.69, 9.17) is 9.47 Å². The first kappa shape index (κ1) is 22.3. The second-order valence-electron chi connectivity index (χ2n) is 8.79. The fourth-order valence-corrected chi connectivity index (χ4v) is 5.02. The molecule has 1 aliphatic rings. The molecule has 1 saturated heterocycles. The third kappa shape index (κ3) is 4.33. The van der Waals surface area contributed by atoms with Gasteiger partial charge >= 0.3 is 5.69 Å². The lowest BCUT2D eigenvalue weighted by Crippen LogP contribution is -2.37. The van der Waals surface area contributed by atoms with Crippen molar-refractivity contribution in [1.29, 1.82) is 0 Å². The molecule has 1 aliphatic heterocycles. The second kappa shape index (κ2) is 9.77. The highest BCUT2D eigenvalue weighted by molar-refractivity contribution is 5.76. The molecule has 4 aromatic rings. The minimum absolute atomic E-state index is 0.114. The first-order valence-electron chi connectivity index (χ1n) is 12.0. The van der Waals surface area contributed by atoms with Crippen LogP contribution in [0.1, 0.15) is 31.4 Å². The van der Waals surface area contributed by atoms with E-state index >= 15 is 0 Å².